The van der Waals surface area contributed by atoms with Crippen molar-refractivity contribution in [1.82, 2.24) is 15.5 Å². The number of piperidine rings is 1. The van der Waals surface area contributed by atoms with E-state index in [1.54, 1.807) is 0 Å². The Morgan fingerprint density at radius 3 is 2.50 bits per heavy atom. The zero-order valence-corrected chi connectivity index (χ0v) is 14.9. The van der Waals surface area contributed by atoms with Crippen molar-refractivity contribution in [2.45, 2.75) is 12.8 Å². The third-order valence-corrected chi connectivity index (χ3v) is 5.60. The minimum absolute atomic E-state index is 0.0274. The molecule has 0 saturated carbocycles. The fraction of sp³-hybridized carbons (Fsp3) is 0.429. The van der Waals surface area contributed by atoms with Crippen LogP contribution >= 0.6 is 0 Å². The molecule has 26 heavy (non-hydrogen) atoms. The van der Waals surface area contributed by atoms with E-state index in [4.69, 9.17) is 0 Å². The maximum atomic E-state index is 13.0. The van der Waals surface area contributed by atoms with Gasteiger partial charge in [0.1, 0.15) is 0 Å². The highest BCUT2D eigenvalue weighted by molar-refractivity contribution is 6.07. The molecule has 0 atom stereocenters. The largest absolute Gasteiger partial charge is 0.355 e. The Morgan fingerprint density at radius 1 is 1.04 bits per heavy atom. The first kappa shape index (κ1) is 17.0. The molecular weight excluding hydrogens is 326 g/mol. The molecule has 2 aromatic rings. The number of hydrogen-bond acceptors (Lipinski definition) is 3. The van der Waals surface area contributed by atoms with Crippen LogP contribution in [-0.2, 0) is 4.79 Å². The quantitative estimate of drug-likeness (QED) is 0.886. The molecule has 2 aliphatic heterocycles. The molecule has 5 nitrogen and oxygen atoms in total. The topological polar surface area (TPSA) is 61.4 Å². The van der Waals surface area contributed by atoms with Crippen molar-refractivity contribution in [3.63, 3.8) is 0 Å². The Morgan fingerprint density at radius 2 is 1.77 bits per heavy atom. The van der Waals surface area contributed by atoms with Gasteiger partial charge in [0.15, 0.2) is 0 Å². The fourth-order valence-corrected chi connectivity index (χ4v) is 3.81. The Hall–Kier alpha value is -2.40. The van der Waals surface area contributed by atoms with E-state index in [0.29, 0.717) is 19.0 Å². The molecule has 0 spiro atoms. The van der Waals surface area contributed by atoms with Crippen LogP contribution in [0.4, 0.5) is 0 Å². The second kappa shape index (κ2) is 7.46. The number of amides is 2. The molecular formula is C21H25N3O2. The second-order valence-corrected chi connectivity index (χ2v) is 7.36. The summed E-state index contributed by atoms with van der Waals surface area (Å²) in [5.74, 6) is 0.821. The molecule has 0 unspecified atom stereocenters. The Bertz CT molecular complexity index is 803. The van der Waals surface area contributed by atoms with Gasteiger partial charge in [0.05, 0.1) is 0 Å². The lowest BCUT2D eigenvalue weighted by molar-refractivity contribution is -0.126. The van der Waals surface area contributed by atoms with Crippen molar-refractivity contribution >= 4 is 22.6 Å². The van der Waals surface area contributed by atoms with Gasteiger partial charge in [-0.1, -0.05) is 36.4 Å². The number of likely N-dealkylation sites (tertiary alicyclic amines) is 1. The van der Waals surface area contributed by atoms with Crippen LogP contribution in [0.5, 0.6) is 0 Å². The molecule has 136 valence electrons. The first-order valence-electron chi connectivity index (χ1n) is 9.48. The fourth-order valence-electron chi connectivity index (χ4n) is 3.81. The maximum Gasteiger partial charge on any atom is 0.254 e. The van der Waals surface area contributed by atoms with Crippen LogP contribution in [-0.4, -0.2) is 49.4 Å². The zero-order valence-electron chi connectivity index (χ0n) is 14.9. The molecule has 2 fully saturated rings. The van der Waals surface area contributed by atoms with Crippen molar-refractivity contribution in [3.8, 4) is 0 Å². The average molecular weight is 351 g/mol. The standard InChI is InChI=1S/C21H25N3O2/c25-20(23-14-15-12-22-13-15)17-8-10-24(11-9-17)21(26)19-7-3-5-16-4-1-2-6-18(16)19/h1-7,15,17,22H,8-14H2,(H,23,25). The van der Waals surface area contributed by atoms with E-state index in [1.165, 1.54) is 0 Å². The van der Waals surface area contributed by atoms with E-state index in [2.05, 4.69) is 10.6 Å². The second-order valence-electron chi connectivity index (χ2n) is 7.36. The molecule has 5 heteroatoms. The van der Waals surface area contributed by atoms with Crippen LogP contribution in [0.1, 0.15) is 23.2 Å². The predicted molar refractivity (Wildman–Crippen MR) is 102 cm³/mol. The lowest BCUT2D eigenvalue weighted by Crippen LogP contribution is -2.50. The summed E-state index contributed by atoms with van der Waals surface area (Å²) in [6.45, 7) is 4.05. The summed E-state index contributed by atoms with van der Waals surface area (Å²) in [6.07, 6.45) is 1.48. The van der Waals surface area contributed by atoms with Crippen molar-refractivity contribution in [3.05, 3.63) is 48.0 Å². The van der Waals surface area contributed by atoms with Gasteiger partial charge in [-0.15, -0.1) is 0 Å². The van der Waals surface area contributed by atoms with Gasteiger partial charge in [-0.05, 0) is 29.7 Å². The summed E-state index contributed by atoms with van der Waals surface area (Å²) >= 11 is 0. The van der Waals surface area contributed by atoms with Crippen LogP contribution in [0.15, 0.2) is 42.5 Å². The summed E-state index contributed by atoms with van der Waals surface area (Å²) in [5.41, 5.74) is 0.753. The third kappa shape index (κ3) is 3.44. The number of nitrogens with zero attached hydrogens (tertiary/aromatic N) is 1. The normalized spacial score (nSPS) is 18.5. The van der Waals surface area contributed by atoms with E-state index in [9.17, 15) is 9.59 Å². The molecule has 2 aliphatic rings. The molecule has 0 bridgehead atoms. The molecule has 2 saturated heterocycles. The summed E-state index contributed by atoms with van der Waals surface area (Å²) in [5, 5.41) is 8.36. The highest BCUT2D eigenvalue weighted by atomic mass is 16.2. The number of carbonyl (C=O) groups is 2. The van der Waals surface area contributed by atoms with Crippen molar-refractivity contribution in [1.29, 1.82) is 0 Å². The van der Waals surface area contributed by atoms with Crippen LogP contribution in [0.25, 0.3) is 10.8 Å². The van der Waals surface area contributed by atoms with E-state index in [0.717, 1.165) is 48.8 Å². The number of hydrogen-bond donors (Lipinski definition) is 2. The Labute approximate surface area is 153 Å². The van der Waals surface area contributed by atoms with E-state index in [1.807, 2.05) is 47.4 Å². The lowest BCUT2D eigenvalue weighted by atomic mass is 9.94. The number of carbonyl (C=O) groups excluding carboxylic acids is 2. The number of nitrogens with one attached hydrogen (secondary N) is 2. The first-order chi connectivity index (χ1) is 12.7. The van der Waals surface area contributed by atoms with Gasteiger partial charge in [0.2, 0.25) is 5.91 Å². The van der Waals surface area contributed by atoms with Gasteiger partial charge in [-0.2, -0.15) is 0 Å². The molecule has 2 amide bonds. The van der Waals surface area contributed by atoms with Crippen molar-refractivity contribution in [2.24, 2.45) is 11.8 Å². The van der Waals surface area contributed by atoms with E-state index >= 15 is 0 Å². The number of benzene rings is 2. The summed E-state index contributed by atoms with van der Waals surface area (Å²) < 4.78 is 0. The van der Waals surface area contributed by atoms with Crippen LogP contribution in [0, 0.1) is 11.8 Å². The van der Waals surface area contributed by atoms with Crippen LogP contribution in [0.3, 0.4) is 0 Å². The van der Waals surface area contributed by atoms with Gasteiger partial charge in [-0.25, -0.2) is 0 Å². The number of fused-ring (bicyclic) bond motifs is 1. The minimum Gasteiger partial charge on any atom is -0.355 e. The van der Waals surface area contributed by atoms with Crippen LogP contribution < -0.4 is 10.6 Å². The molecule has 2 aromatic carbocycles. The molecule has 2 heterocycles. The van der Waals surface area contributed by atoms with Crippen LogP contribution in [0.2, 0.25) is 0 Å². The van der Waals surface area contributed by atoms with Crippen molar-refractivity contribution in [2.75, 3.05) is 32.7 Å². The molecule has 0 aromatic heterocycles. The van der Waals surface area contributed by atoms with Gasteiger partial charge < -0.3 is 15.5 Å². The van der Waals surface area contributed by atoms with E-state index < -0.39 is 0 Å². The SMILES string of the molecule is O=C(NCC1CNC1)C1CCN(C(=O)c2cccc3ccccc23)CC1. The highest BCUT2D eigenvalue weighted by Gasteiger charge is 2.29. The molecule has 2 N–H and O–H groups in total. The first-order valence-corrected chi connectivity index (χ1v) is 9.48. The smallest absolute Gasteiger partial charge is 0.254 e. The Kier molecular flexibility index (Phi) is 4.89. The molecule has 0 aliphatic carbocycles. The summed E-state index contributed by atoms with van der Waals surface area (Å²) in [7, 11) is 0. The molecule has 4 rings (SSSR count). The monoisotopic (exact) mass is 351 g/mol. The van der Waals surface area contributed by atoms with E-state index in [-0.39, 0.29) is 17.7 Å². The van der Waals surface area contributed by atoms with Gasteiger partial charge in [-0.3, -0.25) is 9.59 Å². The van der Waals surface area contributed by atoms with Gasteiger partial charge in [0, 0.05) is 50.1 Å². The summed E-state index contributed by atoms with van der Waals surface area (Å²) in [4.78, 5) is 27.2. The van der Waals surface area contributed by atoms with Gasteiger partial charge in [0.25, 0.3) is 5.91 Å². The van der Waals surface area contributed by atoms with Crippen molar-refractivity contribution < 1.29 is 9.59 Å². The minimum atomic E-state index is 0.0274. The average Bonchev–Trinajstić information content (AvgIpc) is 2.66. The summed E-state index contributed by atoms with van der Waals surface area (Å²) in [6, 6.07) is 13.8. The highest BCUT2D eigenvalue weighted by Crippen LogP contribution is 2.23. The zero-order chi connectivity index (χ0) is 17.9. The number of rotatable bonds is 4. The third-order valence-electron chi connectivity index (χ3n) is 5.60. The Balaban J connectivity index is 1.36. The molecule has 0 radical (unpaired) electrons. The lowest BCUT2D eigenvalue weighted by Gasteiger charge is -2.32. The van der Waals surface area contributed by atoms with Gasteiger partial charge >= 0.3 is 0 Å². The predicted octanol–water partition coefficient (Wildman–Crippen LogP) is 2.03. The maximum absolute atomic E-state index is 13.0.